The van der Waals surface area contributed by atoms with Gasteiger partial charge in [-0.3, -0.25) is 4.79 Å². The number of benzene rings is 2. The second kappa shape index (κ2) is 5.36. The zero-order valence-corrected chi connectivity index (χ0v) is 10.6. The molecule has 0 saturated heterocycles. The molecule has 0 atom stereocenters. The van der Waals surface area contributed by atoms with Gasteiger partial charge in [0.05, 0.1) is 5.56 Å². The molecule has 0 unspecified atom stereocenters. The van der Waals surface area contributed by atoms with E-state index >= 15 is 0 Å². The van der Waals surface area contributed by atoms with Gasteiger partial charge in [-0.2, -0.15) is 13.2 Å². The molecule has 0 aliphatic carbocycles. The van der Waals surface area contributed by atoms with Crippen molar-refractivity contribution in [2.75, 3.05) is 0 Å². The predicted octanol–water partition coefficient (Wildman–Crippen LogP) is 4.70. The van der Waals surface area contributed by atoms with Gasteiger partial charge in [-0.1, -0.05) is 12.1 Å². The maximum Gasteiger partial charge on any atom is 0.416 e. The molecule has 0 bridgehead atoms. The molecule has 2 aromatic rings. The van der Waals surface area contributed by atoms with Crippen LogP contribution in [0.3, 0.4) is 0 Å². The molecule has 0 aliphatic heterocycles. The zero-order chi connectivity index (χ0) is 14.8. The number of ketones is 1. The number of hydrogen-bond donors (Lipinski definition) is 0. The van der Waals surface area contributed by atoms with E-state index in [4.69, 9.17) is 4.74 Å². The van der Waals surface area contributed by atoms with E-state index in [1.54, 1.807) is 24.3 Å². The van der Waals surface area contributed by atoms with Gasteiger partial charge in [0.2, 0.25) is 0 Å². The van der Waals surface area contributed by atoms with E-state index in [9.17, 15) is 18.0 Å². The second-order valence-corrected chi connectivity index (χ2v) is 4.21. The Morgan fingerprint density at radius 3 is 2.20 bits per heavy atom. The molecule has 2 nitrogen and oxygen atoms in total. The Morgan fingerprint density at radius 2 is 1.65 bits per heavy atom. The van der Waals surface area contributed by atoms with E-state index in [0.29, 0.717) is 11.3 Å². The predicted molar refractivity (Wildman–Crippen MR) is 68.0 cm³/mol. The number of hydrogen-bond acceptors (Lipinski definition) is 2. The number of carbonyl (C=O) groups excluding carboxylic acids is 1. The Hall–Kier alpha value is -2.30. The molecule has 20 heavy (non-hydrogen) atoms. The van der Waals surface area contributed by atoms with Gasteiger partial charge in [-0.25, -0.2) is 0 Å². The van der Waals surface area contributed by atoms with E-state index in [2.05, 4.69) is 0 Å². The van der Waals surface area contributed by atoms with Crippen molar-refractivity contribution in [2.45, 2.75) is 13.1 Å². The highest BCUT2D eigenvalue weighted by atomic mass is 19.4. The summed E-state index contributed by atoms with van der Waals surface area (Å²) in [5.41, 5.74) is -0.253. The smallest absolute Gasteiger partial charge is 0.416 e. The van der Waals surface area contributed by atoms with Crippen molar-refractivity contribution in [2.24, 2.45) is 0 Å². The van der Waals surface area contributed by atoms with Gasteiger partial charge in [-0.05, 0) is 43.3 Å². The number of halogens is 3. The van der Waals surface area contributed by atoms with Crippen LogP contribution in [0.25, 0.3) is 0 Å². The number of rotatable bonds is 3. The molecule has 0 amide bonds. The van der Waals surface area contributed by atoms with Crippen LogP contribution >= 0.6 is 0 Å². The molecular weight excluding hydrogens is 269 g/mol. The molecular formula is C15H11F3O2. The number of Topliss-reactive ketones (excluding diaryl/α,β-unsaturated/α-hetero) is 1. The van der Waals surface area contributed by atoms with Gasteiger partial charge in [-0.15, -0.1) is 0 Å². The third-order valence-corrected chi connectivity index (χ3v) is 2.66. The highest BCUT2D eigenvalue weighted by molar-refractivity contribution is 5.94. The van der Waals surface area contributed by atoms with Crippen LogP contribution in [0.1, 0.15) is 22.8 Å². The van der Waals surface area contributed by atoms with Gasteiger partial charge in [0, 0.05) is 5.56 Å². The highest BCUT2D eigenvalue weighted by Gasteiger charge is 2.30. The molecule has 0 radical (unpaired) electrons. The average Bonchev–Trinajstić information content (AvgIpc) is 2.38. The average molecular weight is 280 g/mol. The van der Waals surface area contributed by atoms with E-state index in [1.165, 1.54) is 19.1 Å². The summed E-state index contributed by atoms with van der Waals surface area (Å²) in [7, 11) is 0. The van der Waals surface area contributed by atoms with Crippen LogP contribution in [-0.4, -0.2) is 5.78 Å². The van der Waals surface area contributed by atoms with Crippen molar-refractivity contribution in [3.8, 4) is 11.5 Å². The molecule has 104 valence electrons. The quantitative estimate of drug-likeness (QED) is 0.762. The van der Waals surface area contributed by atoms with Crippen molar-refractivity contribution >= 4 is 5.78 Å². The maximum absolute atomic E-state index is 12.4. The summed E-state index contributed by atoms with van der Waals surface area (Å²) in [6.45, 7) is 1.43. The molecule has 0 heterocycles. The molecule has 0 spiro atoms. The minimum atomic E-state index is -4.37. The third-order valence-electron chi connectivity index (χ3n) is 2.66. The van der Waals surface area contributed by atoms with Gasteiger partial charge in [0.25, 0.3) is 0 Å². The molecule has 0 aromatic heterocycles. The first-order valence-corrected chi connectivity index (χ1v) is 5.82. The Labute approximate surface area is 113 Å². The van der Waals surface area contributed by atoms with E-state index in [1.807, 2.05) is 0 Å². The lowest BCUT2D eigenvalue weighted by atomic mass is 10.1. The van der Waals surface area contributed by atoms with Gasteiger partial charge in [0.15, 0.2) is 5.78 Å². The lowest BCUT2D eigenvalue weighted by molar-refractivity contribution is -0.137. The molecule has 2 aromatic carbocycles. The van der Waals surface area contributed by atoms with Crippen LogP contribution in [0.2, 0.25) is 0 Å². The summed E-state index contributed by atoms with van der Waals surface area (Å²) in [5, 5.41) is 0. The number of ether oxygens (including phenoxy) is 1. The van der Waals surface area contributed by atoms with Crippen LogP contribution < -0.4 is 4.74 Å². The number of carbonyl (C=O) groups is 1. The lowest BCUT2D eigenvalue weighted by Crippen LogP contribution is -2.04. The molecule has 0 saturated carbocycles. The fourth-order valence-corrected chi connectivity index (χ4v) is 1.63. The fraction of sp³-hybridized carbons (Fsp3) is 0.133. The molecule has 0 N–H and O–H groups in total. The van der Waals surface area contributed by atoms with Gasteiger partial charge in [0.1, 0.15) is 11.5 Å². The van der Waals surface area contributed by atoms with Crippen LogP contribution in [0.4, 0.5) is 13.2 Å². The van der Waals surface area contributed by atoms with E-state index < -0.39 is 11.7 Å². The minimum Gasteiger partial charge on any atom is -0.457 e. The maximum atomic E-state index is 12.4. The summed E-state index contributed by atoms with van der Waals surface area (Å²) in [5.74, 6) is 0.569. The Bertz CT molecular complexity index is 616. The fourth-order valence-electron chi connectivity index (χ4n) is 1.63. The van der Waals surface area contributed by atoms with E-state index in [-0.39, 0.29) is 11.5 Å². The summed E-state index contributed by atoms with van der Waals surface area (Å²) in [4.78, 5) is 11.2. The van der Waals surface area contributed by atoms with Gasteiger partial charge >= 0.3 is 6.18 Å². The van der Waals surface area contributed by atoms with Crippen molar-refractivity contribution in [1.29, 1.82) is 0 Å². The molecule has 0 fully saturated rings. The van der Waals surface area contributed by atoms with Crippen molar-refractivity contribution in [3.63, 3.8) is 0 Å². The largest absolute Gasteiger partial charge is 0.457 e. The monoisotopic (exact) mass is 280 g/mol. The SMILES string of the molecule is CC(=O)c1cccc(Oc2ccc(C(F)(F)F)cc2)c1. The highest BCUT2D eigenvalue weighted by Crippen LogP contribution is 2.31. The molecule has 2 rings (SSSR count). The van der Waals surface area contributed by atoms with E-state index in [0.717, 1.165) is 12.1 Å². The first-order chi connectivity index (χ1) is 9.36. The van der Waals surface area contributed by atoms with Crippen molar-refractivity contribution < 1.29 is 22.7 Å². The van der Waals surface area contributed by atoms with Gasteiger partial charge < -0.3 is 4.74 Å². The standard InChI is InChI=1S/C15H11F3O2/c1-10(19)11-3-2-4-14(9-11)20-13-7-5-12(6-8-13)15(16,17)18/h2-9H,1H3. The summed E-state index contributed by atoms with van der Waals surface area (Å²) < 4.78 is 42.6. The first-order valence-electron chi connectivity index (χ1n) is 5.82. The lowest BCUT2D eigenvalue weighted by Gasteiger charge is -2.09. The van der Waals surface area contributed by atoms with Crippen molar-refractivity contribution in [1.82, 2.24) is 0 Å². The number of alkyl halides is 3. The summed E-state index contributed by atoms with van der Waals surface area (Å²) >= 11 is 0. The third kappa shape index (κ3) is 3.38. The van der Waals surface area contributed by atoms with Crippen LogP contribution in [0.15, 0.2) is 48.5 Å². The van der Waals surface area contributed by atoms with Crippen LogP contribution in [0, 0.1) is 0 Å². The summed E-state index contributed by atoms with van der Waals surface area (Å²) in [6.07, 6.45) is -4.37. The molecule has 0 aliphatic rings. The Balaban J connectivity index is 2.18. The van der Waals surface area contributed by atoms with Crippen LogP contribution in [-0.2, 0) is 6.18 Å². The topological polar surface area (TPSA) is 26.3 Å². The van der Waals surface area contributed by atoms with Crippen molar-refractivity contribution in [3.05, 3.63) is 59.7 Å². The second-order valence-electron chi connectivity index (χ2n) is 4.21. The molecule has 5 heteroatoms. The Kier molecular flexibility index (Phi) is 3.79. The minimum absolute atomic E-state index is 0.108. The summed E-state index contributed by atoms with van der Waals surface area (Å²) in [6, 6.07) is 10.8. The normalized spacial score (nSPS) is 11.2. The van der Waals surface area contributed by atoms with Crippen LogP contribution in [0.5, 0.6) is 11.5 Å². The zero-order valence-electron chi connectivity index (χ0n) is 10.6. The first kappa shape index (κ1) is 14.1. The Morgan fingerprint density at radius 1 is 1.00 bits per heavy atom.